The minimum absolute atomic E-state index is 0.110. The summed E-state index contributed by atoms with van der Waals surface area (Å²) in [5.74, 6) is -0.923. The van der Waals surface area contributed by atoms with Gasteiger partial charge in [-0.25, -0.2) is 17.5 Å². The first-order valence-electron chi connectivity index (χ1n) is 6.55. The molecule has 20 heavy (non-hydrogen) atoms. The van der Waals surface area contributed by atoms with Crippen molar-refractivity contribution in [3.63, 3.8) is 0 Å². The number of hydrogen-bond donors (Lipinski definition) is 3. The summed E-state index contributed by atoms with van der Waals surface area (Å²) in [5, 5.41) is 12.8. The van der Waals surface area contributed by atoms with Crippen LogP contribution in [0, 0.1) is 18.7 Å². The Morgan fingerprint density at radius 1 is 1.50 bits per heavy atom. The molecule has 1 aliphatic rings. The van der Waals surface area contributed by atoms with Crippen molar-refractivity contribution < 1.29 is 17.9 Å². The lowest BCUT2D eigenvalue weighted by atomic mass is 9.96. The van der Waals surface area contributed by atoms with E-state index in [0.717, 1.165) is 12.6 Å². The summed E-state index contributed by atoms with van der Waals surface area (Å²) in [6, 6.07) is 3.96. The molecule has 0 aliphatic carbocycles. The van der Waals surface area contributed by atoms with Gasteiger partial charge in [0.1, 0.15) is 10.7 Å². The van der Waals surface area contributed by atoms with Crippen molar-refractivity contribution in [2.45, 2.75) is 24.3 Å². The molecule has 0 radical (unpaired) electrons. The average Bonchev–Trinajstić information content (AvgIpc) is 2.40. The molecular weight excluding hydrogens is 283 g/mol. The maximum Gasteiger partial charge on any atom is 0.243 e. The van der Waals surface area contributed by atoms with E-state index in [9.17, 15) is 17.9 Å². The van der Waals surface area contributed by atoms with E-state index in [0.29, 0.717) is 18.5 Å². The Hall–Kier alpha value is -1.02. The number of nitrogens with one attached hydrogen (secondary N) is 2. The summed E-state index contributed by atoms with van der Waals surface area (Å²) < 4.78 is 40.2. The summed E-state index contributed by atoms with van der Waals surface area (Å²) >= 11 is 0. The van der Waals surface area contributed by atoms with Crippen molar-refractivity contribution in [2.75, 3.05) is 19.6 Å². The fraction of sp³-hybridized carbons (Fsp3) is 0.538. The van der Waals surface area contributed by atoms with Gasteiger partial charge in [0.25, 0.3) is 0 Å². The van der Waals surface area contributed by atoms with Gasteiger partial charge in [-0.05, 0) is 37.6 Å². The molecule has 0 aromatic heterocycles. The number of piperidine rings is 1. The molecule has 0 spiro atoms. The third kappa shape index (κ3) is 3.54. The molecule has 2 atom stereocenters. The first kappa shape index (κ1) is 15.4. The summed E-state index contributed by atoms with van der Waals surface area (Å²) in [6.45, 7) is 3.00. The first-order chi connectivity index (χ1) is 9.40. The van der Waals surface area contributed by atoms with Crippen molar-refractivity contribution in [2.24, 2.45) is 5.92 Å². The van der Waals surface area contributed by atoms with Crippen LogP contribution in [0.3, 0.4) is 0 Å². The average molecular weight is 302 g/mol. The Morgan fingerprint density at radius 2 is 2.25 bits per heavy atom. The van der Waals surface area contributed by atoms with Crippen LogP contribution in [0.4, 0.5) is 4.39 Å². The minimum atomic E-state index is -3.89. The van der Waals surface area contributed by atoms with E-state index in [1.807, 2.05) is 0 Å². The fourth-order valence-electron chi connectivity index (χ4n) is 2.25. The second-order valence-corrected chi connectivity index (χ2v) is 6.84. The predicted octanol–water partition coefficient (Wildman–Crippen LogP) is 0.383. The molecule has 7 heteroatoms. The number of rotatable bonds is 4. The third-order valence-electron chi connectivity index (χ3n) is 3.50. The van der Waals surface area contributed by atoms with Gasteiger partial charge in [-0.2, -0.15) is 0 Å². The van der Waals surface area contributed by atoms with Crippen LogP contribution in [0.1, 0.15) is 12.0 Å². The van der Waals surface area contributed by atoms with Gasteiger partial charge in [0.15, 0.2) is 0 Å². The van der Waals surface area contributed by atoms with Gasteiger partial charge < -0.3 is 10.4 Å². The molecule has 1 aromatic rings. The quantitative estimate of drug-likeness (QED) is 0.751. The summed E-state index contributed by atoms with van der Waals surface area (Å²) in [4.78, 5) is -0.346. The van der Waals surface area contributed by atoms with Crippen molar-refractivity contribution >= 4 is 10.0 Å². The largest absolute Gasteiger partial charge is 0.391 e. The number of β-amino-alcohol motifs (C(OH)–C–C–N with tert-alkyl or cyclic N) is 1. The zero-order valence-corrected chi connectivity index (χ0v) is 12.1. The Morgan fingerprint density at radius 3 is 2.95 bits per heavy atom. The topological polar surface area (TPSA) is 78.4 Å². The summed E-state index contributed by atoms with van der Waals surface area (Å²) in [7, 11) is -3.89. The number of benzene rings is 1. The molecule has 0 amide bonds. The number of halogens is 1. The maximum atomic E-state index is 13.6. The molecule has 1 fully saturated rings. The van der Waals surface area contributed by atoms with Crippen LogP contribution in [0.15, 0.2) is 23.1 Å². The van der Waals surface area contributed by atoms with E-state index in [1.165, 1.54) is 12.1 Å². The molecule has 112 valence electrons. The van der Waals surface area contributed by atoms with Crippen LogP contribution in [-0.2, 0) is 10.0 Å². The van der Waals surface area contributed by atoms with E-state index < -0.39 is 21.9 Å². The molecule has 3 N–H and O–H groups in total. The summed E-state index contributed by atoms with van der Waals surface area (Å²) in [6.07, 6.45) is 0.0915. The van der Waals surface area contributed by atoms with Crippen LogP contribution in [0.2, 0.25) is 0 Å². The van der Waals surface area contributed by atoms with Crippen LogP contribution in [-0.4, -0.2) is 39.3 Å². The monoisotopic (exact) mass is 302 g/mol. The second kappa shape index (κ2) is 6.17. The molecule has 1 saturated heterocycles. The third-order valence-corrected chi connectivity index (χ3v) is 4.94. The smallest absolute Gasteiger partial charge is 0.243 e. The molecule has 1 heterocycles. The molecule has 5 nitrogen and oxygen atoms in total. The SMILES string of the molecule is Cc1ccc(F)c(S(=O)(=O)NC[C@@H]2CCNC[C@H]2O)c1. The molecule has 0 bridgehead atoms. The zero-order chi connectivity index (χ0) is 14.8. The van der Waals surface area contributed by atoms with Crippen molar-refractivity contribution in [1.29, 1.82) is 0 Å². The van der Waals surface area contributed by atoms with Crippen LogP contribution in [0.5, 0.6) is 0 Å². The number of aliphatic hydroxyl groups is 1. The van der Waals surface area contributed by atoms with Crippen molar-refractivity contribution in [3.8, 4) is 0 Å². The lowest BCUT2D eigenvalue weighted by Gasteiger charge is -2.28. The predicted molar refractivity (Wildman–Crippen MR) is 73.3 cm³/mol. The number of aliphatic hydroxyl groups excluding tert-OH is 1. The van der Waals surface area contributed by atoms with E-state index in [-0.39, 0.29) is 17.4 Å². The van der Waals surface area contributed by atoms with Gasteiger partial charge in [-0.1, -0.05) is 6.07 Å². The molecule has 0 unspecified atom stereocenters. The van der Waals surface area contributed by atoms with Crippen LogP contribution < -0.4 is 10.0 Å². The van der Waals surface area contributed by atoms with E-state index in [2.05, 4.69) is 10.0 Å². The highest BCUT2D eigenvalue weighted by molar-refractivity contribution is 7.89. The Balaban J connectivity index is 2.09. The van der Waals surface area contributed by atoms with E-state index in [1.54, 1.807) is 6.92 Å². The number of aryl methyl sites for hydroxylation is 1. The van der Waals surface area contributed by atoms with Crippen LogP contribution >= 0.6 is 0 Å². The normalized spacial score (nSPS) is 23.8. The lowest BCUT2D eigenvalue weighted by molar-refractivity contribution is 0.0844. The number of sulfonamides is 1. The summed E-state index contributed by atoms with van der Waals surface area (Å²) in [5.41, 5.74) is 0.675. The van der Waals surface area contributed by atoms with Gasteiger partial charge >= 0.3 is 0 Å². The highest BCUT2D eigenvalue weighted by Crippen LogP contribution is 2.17. The maximum absolute atomic E-state index is 13.6. The Kier molecular flexibility index (Phi) is 4.74. The molecule has 0 saturated carbocycles. The van der Waals surface area contributed by atoms with E-state index >= 15 is 0 Å². The molecule has 2 rings (SSSR count). The Bertz CT molecular complexity index is 577. The van der Waals surface area contributed by atoms with Crippen LogP contribution in [0.25, 0.3) is 0 Å². The fourth-order valence-corrected chi connectivity index (χ4v) is 3.50. The Labute approximate surface area is 118 Å². The van der Waals surface area contributed by atoms with Crippen molar-refractivity contribution in [3.05, 3.63) is 29.6 Å². The van der Waals surface area contributed by atoms with E-state index in [4.69, 9.17) is 0 Å². The first-order valence-corrected chi connectivity index (χ1v) is 8.03. The van der Waals surface area contributed by atoms with Gasteiger partial charge in [0.2, 0.25) is 10.0 Å². The van der Waals surface area contributed by atoms with Gasteiger partial charge in [0.05, 0.1) is 6.10 Å². The lowest BCUT2D eigenvalue weighted by Crippen LogP contribution is -2.45. The molecular formula is C13H19FN2O3S. The molecule has 1 aliphatic heterocycles. The number of hydrogen-bond acceptors (Lipinski definition) is 4. The zero-order valence-electron chi connectivity index (χ0n) is 11.3. The standard InChI is InChI=1S/C13H19FN2O3S/c1-9-2-3-11(14)13(6-9)20(18,19)16-7-10-4-5-15-8-12(10)17/h2-3,6,10,12,15-17H,4-5,7-8H2,1H3/t10-,12+/m0/s1. The molecule has 1 aromatic carbocycles. The van der Waals surface area contributed by atoms with Gasteiger partial charge in [0, 0.05) is 19.0 Å². The van der Waals surface area contributed by atoms with Crippen molar-refractivity contribution in [1.82, 2.24) is 10.0 Å². The minimum Gasteiger partial charge on any atom is -0.391 e. The highest BCUT2D eigenvalue weighted by atomic mass is 32.2. The van der Waals surface area contributed by atoms with Gasteiger partial charge in [-0.3, -0.25) is 0 Å². The highest BCUT2D eigenvalue weighted by Gasteiger charge is 2.26. The second-order valence-electron chi connectivity index (χ2n) is 5.11. The van der Waals surface area contributed by atoms with Gasteiger partial charge in [-0.15, -0.1) is 0 Å².